The topological polar surface area (TPSA) is 70.2 Å². The number of nitriles is 1. The predicted octanol–water partition coefficient (Wildman–Crippen LogP) is 3.42. The van der Waals surface area contributed by atoms with E-state index in [2.05, 4.69) is 10.3 Å². The number of pyridine rings is 1. The Bertz CT molecular complexity index is 924. The summed E-state index contributed by atoms with van der Waals surface area (Å²) >= 11 is 5.94. The fourth-order valence-electron chi connectivity index (χ4n) is 2.27. The molecule has 5 nitrogen and oxygen atoms in total. The second-order valence-corrected chi connectivity index (χ2v) is 5.20. The fourth-order valence-corrected chi connectivity index (χ4v) is 2.42. The number of imidazole rings is 1. The zero-order chi connectivity index (χ0) is 15.7. The number of carbonyl (C=O) groups is 1. The molecule has 22 heavy (non-hydrogen) atoms. The monoisotopic (exact) mass is 310 g/mol. The molecule has 1 amide bonds. The van der Waals surface area contributed by atoms with Crippen LogP contribution >= 0.6 is 11.6 Å². The number of carbonyl (C=O) groups excluding carboxylic acids is 1. The maximum Gasteiger partial charge on any atom is 0.274 e. The third-order valence-corrected chi connectivity index (χ3v) is 3.46. The van der Waals surface area contributed by atoms with Gasteiger partial charge in [-0.2, -0.15) is 5.26 Å². The van der Waals surface area contributed by atoms with E-state index >= 15 is 0 Å². The number of hydrogen-bond donors (Lipinski definition) is 1. The number of nitrogens with one attached hydrogen (secondary N) is 1. The van der Waals surface area contributed by atoms with Gasteiger partial charge in [0.1, 0.15) is 11.3 Å². The molecule has 0 aliphatic carbocycles. The Hall–Kier alpha value is -2.84. The van der Waals surface area contributed by atoms with E-state index in [4.69, 9.17) is 16.9 Å². The highest BCUT2D eigenvalue weighted by Gasteiger charge is 2.17. The molecule has 0 unspecified atom stereocenters. The number of amides is 1. The van der Waals surface area contributed by atoms with Gasteiger partial charge in [0, 0.05) is 23.0 Å². The standard InChI is InChI=1S/C16H11ClN4O/c1-10-15(21-6-5-12(17)8-14(21)19-10)16(22)20-13-4-2-3-11(7-13)9-18/h2-8H,1H3,(H,20,22). The van der Waals surface area contributed by atoms with Gasteiger partial charge in [-0.05, 0) is 31.2 Å². The van der Waals surface area contributed by atoms with Crippen molar-refractivity contribution in [1.82, 2.24) is 9.38 Å². The van der Waals surface area contributed by atoms with Gasteiger partial charge in [0.05, 0.1) is 17.3 Å². The number of hydrogen-bond acceptors (Lipinski definition) is 3. The molecular weight excluding hydrogens is 300 g/mol. The molecule has 0 fully saturated rings. The number of fused-ring (bicyclic) bond motifs is 1. The van der Waals surface area contributed by atoms with Crippen molar-refractivity contribution in [2.45, 2.75) is 6.92 Å². The SMILES string of the molecule is Cc1nc2cc(Cl)ccn2c1C(=O)Nc1cccc(C#N)c1. The average molecular weight is 311 g/mol. The summed E-state index contributed by atoms with van der Waals surface area (Å²) in [5.74, 6) is -0.289. The van der Waals surface area contributed by atoms with E-state index in [0.717, 1.165) is 0 Å². The fraction of sp³-hybridized carbons (Fsp3) is 0.0625. The van der Waals surface area contributed by atoms with E-state index in [9.17, 15) is 4.79 Å². The van der Waals surface area contributed by atoms with Crippen LogP contribution in [0.15, 0.2) is 42.6 Å². The molecule has 2 aromatic heterocycles. The minimum absolute atomic E-state index is 0.289. The number of aromatic nitrogens is 2. The Morgan fingerprint density at radius 1 is 1.36 bits per heavy atom. The zero-order valence-corrected chi connectivity index (χ0v) is 12.4. The van der Waals surface area contributed by atoms with E-state index < -0.39 is 0 Å². The summed E-state index contributed by atoms with van der Waals surface area (Å²) in [5, 5.41) is 12.2. The molecule has 0 radical (unpaired) electrons. The maximum atomic E-state index is 12.5. The van der Waals surface area contributed by atoms with Gasteiger partial charge in [0.2, 0.25) is 0 Å². The first kappa shape index (κ1) is 14.1. The largest absolute Gasteiger partial charge is 0.321 e. The lowest BCUT2D eigenvalue weighted by molar-refractivity contribution is 0.102. The Kier molecular flexibility index (Phi) is 3.53. The van der Waals surface area contributed by atoms with Gasteiger partial charge in [-0.1, -0.05) is 17.7 Å². The molecule has 0 bridgehead atoms. The van der Waals surface area contributed by atoms with Gasteiger partial charge in [-0.15, -0.1) is 0 Å². The van der Waals surface area contributed by atoms with Gasteiger partial charge < -0.3 is 5.32 Å². The molecule has 0 saturated heterocycles. The number of aryl methyl sites for hydroxylation is 1. The van der Waals surface area contributed by atoms with E-state index in [1.54, 1.807) is 53.9 Å². The Morgan fingerprint density at radius 2 is 2.18 bits per heavy atom. The minimum Gasteiger partial charge on any atom is -0.321 e. The van der Waals surface area contributed by atoms with Crippen LogP contribution in [0.1, 0.15) is 21.7 Å². The predicted molar refractivity (Wildman–Crippen MR) is 84.0 cm³/mol. The van der Waals surface area contributed by atoms with Crippen LogP contribution in [0.2, 0.25) is 5.02 Å². The van der Waals surface area contributed by atoms with Crippen molar-refractivity contribution >= 4 is 28.8 Å². The van der Waals surface area contributed by atoms with Gasteiger partial charge in [0.15, 0.2) is 0 Å². The lowest BCUT2D eigenvalue weighted by Gasteiger charge is -2.06. The van der Waals surface area contributed by atoms with E-state index in [1.807, 2.05) is 6.07 Å². The van der Waals surface area contributed by atoms with Crippen molar-refractivity contribution in [3.05, 3.63) is 64.6 Å². The quantitative estimate of drug-likeness (QED) is 0.788. The zero-order valence-electron chi connectivity index (χ0n) is 11.7. The summed E-state index contributed by atoms with van der Waals surface area (Å²) in [6.07, 6.45) is 1.71. The smallest absolute Gasteiger partial charge is 0.274 e. The molecule has 1 N–H and O–H groups in total. The number of nitrogens with zero attached hydrogens (tertiary/aromatic N) is 3. The molecule has 108 valence electrons. The lowest BCUT2D eigenvalue weighted by Crippen LogP contribution is -2.15. The van der Waals surface area contributed by atoms with Crippen molar-refractivity contribution in [2.24, 2.45) is 0 Å². The van der Waals surface area contributed by atoms with Crippen LogP contribution in [-0.2, 0) is 0 Å². The Morgan fingerprint density at radius 3 is 2.95 bits per heavy atom. The Labute approximate surface area is 131 Å². The first-order valence-corrected chi connectivity index (χ1v) is 6.92. The molecule has 0 atom stereocenters. The first-order valence-electron chi connectivity index (χ1n) is 6.54. The number of anilines is 1. The van der Waals surface area contributed by atoms with Crippen molar-refractivity contribution < 1.29 is 4.79 Å². The van der Waals surface area contributed by atoms with Crippen molar-refractivity contribution in [2.75, 3.05) is 5.32 Å². The molecule has 3 rings (SSSR count). The highest BCUT2D eigenvalue weighted by molar-refractivity contribution is 6.30. The summed E-state index contributed by atoms with van der Waals surface area (Å²) < 4.78 is 1.69. The lowest BCUT2D eigenvalue weighted by atomic mass is 10.2. The molecule has 2 heterocycles. The molecule has 1 aromatic carbocycles. The van der Waals surface area contributed by atoms with E-state index in [-0.39, 0.29) is 5.91 Å². The molecular formula is C16H11ClN4O. The van der Waals surface area contributed by atoms with Crippen LogP contribution in [0.4, 0.5) is 5.69 Å². The summed E-state index contributed by atoms with van der Waals surface area (Å²) in [5.41, 5.74) is 2.71. The normalized spacial score (nSPS) is 10.4. The van der Waals surface area contributed by atoms with Gasteiger partial charge in [-0.25, -0.2) is 4.98 Å². The van der Waals surface area contributed by atoms with Crippen LogP contribution in [0.5, 0.6) is 0 Å². The summed E-state index contributed by atoms with van der Waals surface area (Å²) in [6, 6.07) is 12.2. The molecule has 3 aromatic rings. The molecule has 0 saturated carbocycles. The number of halogens is 1. The van der Waals surface area contributed by atoms with Crippen molar-refractivity contribution in [3.63, 3.8) is 0 Å². The second kappa shape index (κ2) is 5.51. The van der Waals surface area contributed by atoms with Gasteiger partial charge in [-0.3, -0.25) is 9.20 Å². The van der Waals surface area contributed by atoms with Crippen LogP contribution in [0.3, 0.4) is 0 Å². The van der Waals surface area contributed by atoms with Crippen molar-refractivity contribution in [1.29, 1.82) is 5.26 Å². The Balaban J connectivity index is 1.98. The van der Waals surface area contributed by atoms with Crippen LogP contribution in [0, 0.1) is 18.3 Å². The first-order chi connectivity index (χ1) is 10.6. The van der Waals surface area contributed by atoms with Crippen molar-refractivity contribution in [3.8, 4) is 6.07 Å². The van der Waals surface area contributed by atoms with Gasteiger partial charge in [0.25, 0.3) is 5.91 Å². The molecule has 0 aliphatic heterocycles. The van der Waals surface area contributed by atoms with E-state index in [1.165, 1.54) is 0 Å². The molecule has 0 aliphatic rings. The minimum atomic E-state index is -0.289. The summed E-state index contributed by atoms with van der Waals surface area (Å²) in [4.78, 5) is 16.8. The van der Waals surface area contributed by atoms with E-state index in [0.29, 0.717) is 33.3 Å². The maximum absolute atomic E-state index is 12.5. The highest BCUT2D eigenvalue weighted by Crippen LogP contribution is 2.18. The molecule has 0 spiro atoms. The highest BCUT2D eigenvalue weighted by atomic mass is 35.5. The third-order valence-electron chi connectivity index (χ3n) is 3.23. The second-order valence-electron chi connectivity index (χ2n) is 4.77. The molecule has 6 heteroatoms. The third kappa shape index (κ3) is 2.52. The number of benzene rings is 1. The average Bonchev–Trinajstić information content (AvgIpc) is 2.82. The van der Waals surface area contributed by atoms with Gasteiger partial charge >= 0.3 is 0 Å². The summed E-state index contributed by atoms with van der Waals surface area (Å²) in [7, 11) is 0. The number of rotatable bonds is 2. The summed E-state index contributed by atoms with van der Waals surface area (Å²) in [6.45, 7) is 1.77. The van der Waals surface area contributed by atoms with Crippen LogP contribution in [-0.4, -0.2) is 15.3 Å². The van der Waals surface area contributed by atoms with Crippen LogP contribution < -0.4 is 5.32 Å². The van der Waals surface area contributed by atoms with Crippen LogP contribution in [0.25, 0.3) is 5.65 Å².